The second-order valence-electron chi connectivity index (χ2n) is 4.08. The number of benzene rings is 1. The Hall–Kier alpha value is -1.64. The monoisotopic (exact) mass is 202 g/mol. The molecule has 0 aliphatic carbocycles. The van der Waals surface area contributed by atoms with Crippen LogP contribution in [0.3, 0.4) is 0 Å². The molecule has 3 heteroatoms. The van der Waals surface area contributed by atoms with Gasteiger partial charge in [-0.15, -0.1) is 0 Å². The Kier molecular flexibility index (Phi) is 2.54. The Morgan fingerprint density at radius 2 is 2.13 bits per heavy atom. The number of carbonyl (C=O) groups excluding carboxylic acids is 1. The quantitative estimate of drug-likeness (QED) is 0.717. The smallest absolute Gasteiger partial charge is 0.185 e. The van der Waals surface area contributed by atoms with E-state index in [1.807, 2.05) is 28.8 Å². The van der Waals surface area contributed by atoms with E-state index in [0.29, 0.717) is 11.7 Å². The number of rotatable bonds is 3. The zero-order chi connectivity index (χ0) is 10.8. The summed E-state index contributed by atoms with van der Waals surface area (Å²) >= 11 is 0. The molecule has 0 unspecified atom stereocenters. The highest BCUT2D eigenvalue weighted by Gasteiger charge is 2.09. The van der Waals surface area contributed by atoms with Crippen LogP contribution < -0.4 is 0 Å². The third-order valence-electron chi connectivity index (χ3n) is 2.34. The fourth-order valence-corrected chi connectivity index (χ4v) is 1.74. The van der Waals surface area contributed by atoms with Crippen LogP contribution in [0.2, 0.25) is 0 Å². The van der Waals surface area contributed by atoms with Gasteiger partial charge < -0.3 is 4.57 Å². The van der Waals surface area contributed by atoms with Gasteiger partial charge in [0.2, 0.25) is 0 Å². The van der Waals surface area contributed by atoms with Crippen molar-refractivity contribution in [2.45, 2.75) is 20.4 Å². The molecule has 0 atom stereocenters. The van der Waals surface area contributed by atoms with Gasteiger partial charge in [-0.25, -0.2) is 4.98 Å². The maximum absolute atomic E-state index is 10.9. The molecule has 1 aromatic heterocycles. The van der Waals surface area contributed by atoms with Gasteiger partial charge in [0.1, 0.15) is 0 Å². The van der Waals surface area contributed by atoms with Crippen LogP contribution >= 0.6 is 0 Å². The lowest BCUT2D eigenvalue weighted by Crippen LogP contribution is -2.07. The van der Waals surface area contributed by atoms with Crippen LogP contribution in [0.15, 0.2) is 24.3 Å². The Labute approximate surface area is 88.7 Å². The van der Waals surface area contributed by atoms with Gasteiger partial charge in [-0.05, 0) is 18.1 Å². The number of hydrogen-bond donors (Lipinski definition) is 0. The number of nitrogens with zero attached hydrogens (tertiary/aromatic N) is 2. The Morgan fingerprint density at radius 1 is 1.40 bits per heavy atom. The largest absolute Gasteiger partial charge is 0.321 e. The van der Waals surface area contributed by atoms with Gasteiger partial charge in [0.05, 0.1) is 11.0 Å². The summed E-state index contributed by atoms with van der Waals surface area (Å²) in [5.41, 5.74) is 1.92. The van der Waals surface area contributed by atoms with Crippen LogP contribution in [0.4, 0.5) is 0 Å². The summed E-state index contributed by atoms with van der Waals surface area (Å²) in [5.74, 6) is 1.02. The van der Waals surface area contributed by atoms with Gasteiger partial charge in [-0.1, -0.05) is 26.0 Å². The van der Waals surface area contributed by atoms with Crippen molar-refractivity contribution in [2.24, 2.45) is 5.92 Å². The highest BCUT2D eigenvalue weighted by molar-refractivity contribution is 5.82. The van der Waals surface area contributed by atoms with Crippen molar-refractivity contribution in [3.63, 3.8) is 0 Å². The summed E-state index contributed by atoms with van der Waals surface area (Å²) < 4.78 is 1.98. The average Bonchev–Trinajstić information content (AvgIpc) is 2.56. The SMILES string of the molecule is CC(C)Cn1c(C=O)nc2ccccc21. The van der Waals surface area contributed by atoms with E-state index in [1.54, 1.807) is 0 Å². The Morgan fingerprint density at radius 3 is 2.80 bits per heavy atom. The molecule has 0 aliphatic heterocycles. The minimum Gasteiger partial charge on any atom is -0.321 e. The molecule has 78 valence electrons. The fraction of sp³-hybridized carbons (Fsp3) is 0.333. The normalized spacial score (nSPS) is 11.1. The summed E-state index contributed by atoms with van der Waals surface area (Å²) in [6.07, 6.45) is 0.822. The lowest BCUT2D eigenvalue weighted by Gasteiger charge is -2.08. The first-order valence-electron chi connectivity index (χ1n) is 5.13. The predicted octanol–water partition coefficient (Wildman–Crippen LogP) is 2.50. The van der Waals surface area contributed by atoms with Gasteiger partial charge >= 0.3 is 0 Å². The molecule has 0 spiro atoms. The van der Waals surface area contributed by atoms with E-state index in [-0.39, 0.29) is 0 Å². The summed E-state index contributed by atoms with van der Waals surface area (Å²) in [6, 6.07) is 7.83. The zero-order valence-electron chi connectivity index (χ0n) is 8.97. The van der Waals surface area contributed by atoms with Crippen molar-refractivity contribution >= 4 is 17.3 Å². The topological polar surface area (TPSA) is 34.9 Å². The molecule has 0 fully saturated rings. The molecular weight excluding hydrogens is 188 g/mol. The van der Waals surface area contributed by atoms with Crippen molar-refractivity contribution in [1.82, 2.24) is 9.55 Å². The minimum absolute atomic E-state index is 0.501. The first kappa shape index (κ1) is 9.90. The molecule has 2 aromatic rings. The molecule has 2 rings (SSSR count). The molecule has 1 aromatic carbocycles. The van der Waals surface area contributed by atoms with Crippen molar-refractivity contribution in [1.29, 1.82) is 0 Å². The number of hydrogen-bond acceptors (Lipinski definition) is 2. The first-order chi connectivity index (χ1) is 7.22. The molecule has 15 heavy (non-hydrogen) atoms. The van der Waals surface area contributed by atoms with Crippen molar-refractivity contribution in [3.8, 4) is 0 Å². The predicted molar refractivity (Wildman–Crippen MR) is 60.0 cm³/mol. The Balaban J connectivity index is 2.61. The van der Waals surface area contributed by atoms with E-state index >= 15 is 0 Å². The Bertz CT molecular complexity index is 485. The highest BCUT2D eigenvalue weighted by atomic mass is 16.1. The minimum atomic E-state index is 0.501. The maximum Gasteiger partial charge on any atom is 0.185 e. The number of carbonyl (C=O) groups is 1. The van der Waals surface area contributed by atoms with Crippen molar-refractivity contribution in [2.75, 3.05) is 0 Å². The van der Waals surface area contributed by atoms with E-state index in [2.05, 4.69) is 18.8 Å². The average molecular weight is 202 g/mol. The molecule has 0 aliphatic rings. The van der Waals surface area contributed by atoms with E-state index < -0.39 is 0 Å². The lowest BCUT2D eigenvalue weighted by molar-refractivity contribution is 0.111. The number of imidazole rings is 1. The van der Waals surface area contributed by atoms with Gasteiger partial charge in [0, 0.05) is 6.54 Å². The third kappa shape index (κ3) is 1.77. The standard InChI is InChI=1S/C12H14N2O/c1-9(2)7-14-11-6-4-3-5-10(11)13-12(14)8-15/h3-6,8-9H,7H2,1-2H3. The molecule has 0 N–H and O–H groups in total. The first-order valence-corrected chi connectivity index (χ1v) is 5.13. The van der Waals surface area contributed by atoms with Crippen LogP contribution in [0.25, 0.3) is 11.0 Å². The van der Waals surface area contributed by atoms with Crippen LogP contribution in [-0.2, 0) is 6.54 Å². The molecule has 0 amide bonds. The molecular formula is C12H14N2O. The number of fused-ring (bicyclic) bond motifs is 1. The summed E-state index contributed by atoms with van der Waals surface area (Å²) in [4.78, 5) is 15.2. The zero-order valence-corrected chi connectivity index (χ0v) is 8.97. The van der Waals surface area contributed by atoms with Crippen LogP contribution in [0.5, 0.6) is 0 Å². The summed E-state index contributed by atoms with van der Waals surface area (Å²) in [5, 5.41) is 0. The van der Waals surface area contributed by atoms with E-state index in [9.17, 15) is 4.79 Å². The molecule has 0 bridgehead atoms. The second-order valence-corrected chi connectivity index (χ2v) is 4.08. The summed E-state index contributed by atoms with van der Waals surface area (Å²) in [6.45, 7) is 5.08. The van der Waals surface area contributed by atoms with Crippen molar-refractivity contribution in [3.05, 3.63) is 30.1 Å². The third-order valence-corrected chi connectivity index (χ3v) is 2.34. The van der Waals surface area contributed by atoms with Gasteiger partial charge in [-0.3, -0.25) is 4.79 Å². The lowest BCUT2D eigenvalue weighted by atomic mass is 10.2. The maximum atomic E-state index is 10.9. The van der Waals surface area contributed by atoms with Crippen LogP contribution in [0.1, 0.15) is 24.5 Å². The van der Waals surface area contributed by atoms with E-state index in [4.69, 9.17) is 0 Å². The fourth-order valence-electron chi connectivity index (χ4n) is 1.74. The van der Waals surface area contributed by atoms with Gasteiger partial charge in [0.15, 0.2) is 12.1 Å². The summed E-state index contributed by atoms with van der Waals surface area (Å²) in [7, 11) is 0. The van der Waals surface area contributed by atoms with E-state index in [1.165, 1.54) is 0 Å². The van der Waals surface area contributed by atoms with E-state index in [0.717, 1.165) is 23.9 Å². The highest BCUT2D eigenvalue weighted by Crippen LogP contribution is 2.16. The number of aldehydes is 1. The van der Waals surface area contributed by atoms with Crippen LogP contribution in [0, 0.1) is 5.92 Å². The number of aromatic nitrogens is 2. The van der Waals surface area contributed by atoms with Gasteiger partial charge in [-0.2, -0.15) is 0 Å². The molecule has 0 radical (unpaired) electrons. The molecule has 0 saturated heterocycles. The number of para-hydroxylation sites is 2. The molecule has 0 saturated carbocycles. The second kappa shape index (κ2) is 3.85. The van der Waals surface area contributed by atoms with Crippen LogP contribution in [-0.4, -0.2) is 15.8 Å². The van der Waals surface area contributed by atoms with Crippen molar-refractivity contribution < 1.29 is 4.79 Å². The molecule has 1 heterocycles. The molecule has 3 nitrogen and oxygen atoms in total. The van der Waals surface area contributed by atoms with Gasteiger partial charge in [0.25, 0.3) is 0 Å².